The molecule has 1 aliphatic heterocycles. The van der Waals surface area contributed by atoms with Crippen molar-refractivity contribution in [2.24, 2.45) is 0 Å². The van der Waals surface area contributed by atoms with Crippen LogP contribution in [0.4, 0.5) is 0 Å². The van der Waals surface area contributed by atoms with Gasteiger partial charge in [0.25, 0.3) is 5.56 Å². The molecular formula is C22H25N3O5S2. The van der Waals surface area contributed by atoms with Crippen LogP contribution >= 0.6 is 11.3 Å². The lowest BCUT2D eigenvalue weighted by Gasteiger charge is -2.20. The molecule has 0 aliphatic carbocycles. The van der Waals surface area contributed by atoms with Gasteiger partial charge in [-0.1, -0.05) is 25.0 Å². The van der Waals surface area contributed by atoms with Crippen LogP contribution in [0.1, 0.15) is 43.4 Å². The van der Waals surface area contributed by atoms with Crippen LogP contribution in [0.15, 0.2) is 51.6 Å². The van der Waals surface area contributed by atoms with Gasteiger partial charge in [0, 0.05) is 37.2 Å². The summed E-state index contributed by atoms with van der Waals surface area (Å²) in [5.74, 6) is -0.403. The number of hydrogen-bond donors (Lipinski definition) is 0. The quantitative estimate of drug-likeness (QED) is 0.487. The number of benzene rings is 1. The standard InChI is InChI=1S/C22H25N3O5S2/c26-20-15-18(23-22-25(20)13-14-31-22)16-30-21(27)10-7-17-5-8-19(9-6-17)32(28,29)24-11-3-1-2-4-12-24/h5-6,8-9,13-15H,1-4,7,10-12,16H2. The van der Waals surface area contributed by atoms with Crippen molar-refractivity contribution in [2.45, 2.75) is 50.0 Å². The highest BCUT2D eigenvalue weighted by Gasteiger charge is 2.24. The van der Waals surface area contributed by atoms with E-state index in [1.54, 1.807) is 40.1 Å². The highest BCUT2D eigenvalue weighted by molar-refractivity contribution is 7.89. The Morgan fingerprint density at radius 3 is 2.53 bits per heavy atom. The maximum absolute atomic E-state index is 12.8. The molecule has 0 saturated carbocycles. The van der Waals surface area contributed by atoms with Gasteiger partial charge in [-0.15, -0.1) is 11.3 Å². The first-order valence-corrected chi connectivity index (χ1v) is 13.0. The molecule has 1 saturated heterocycles. The zero-order valence-electron chi connectivity index (χ0n) is 17.6. The smallest absolute Gasteiger partial charge is 0.306 e. The third-order valence-corrected chi connectivity index (χ3v) is 8.15. The minimum Gasteiger partial charge on any atom is -0.459 e. The number of carbonyl (C=O) groups excluding carboxylic acids is 1. The number of aryl methyl sites for hydroxylation is 1. The molecule has 8 nitrogen and oxygen atoms in total. The molecule has 1 fully saturated rings. The Morgan fingerprint density at radius 2 is 1.81 bits per heavy atom. The number of aromatic nitrogens is 2. The lowest BCUT2D eigenvalue weighted by molar-refractivity contribution is -0.145. The minimum absolute atomic E-state index is 0.0600. The second-order valence-corrected chi connectivity index (χ2v) is 10.6. The predicted molar refractivity (Wildman–Crippen MR) is 121 cm³/mol. The van der Waals surface area contributed by atoms with Gasteiger partial charge in [-0.2, -0.15) is 4.31 Å². The first-order valence-electron chi connectivity index (χ1n) is 10.6. The van der Waals surface area contributed by atoms with Gasteiger partial charge in [0.15, 0.2) is 4.96 Å². The van der Waals surface area contributed by atoms with Crippen LogP contribution in [-0.4, -0.2) is 41.2 Å². The van der Waals surface area contributed by atoms with Crippen LogP contribution in [0.3, 0.4) is 0 Å². The number of rotatable bonds is 7. The molecule has 0 unspecified atom stereocenters. The summed E-state index contributed by atoms with van der Waals surface area (Å²) in [7, 11) is -3.48. The number of hydrogen-bond acceptors (Lipinski definition) is 7. The monoisotopic (exact) mass is 475 g/mol. The summed E-state index contributed by atoms with van der Waals surface area (Å²) in [4.78, 5) is 29.2. The first kappa shape index (κ1) is 22.6. The molecule has 32 heavy (non-hydrogen) atoms. The second-order valence-electron chi connectivity index (χ2n) is 7.76. The third kappa shape index (κ3) is 5.25. The normalized spacial score (nSPS) is 15.5. The lowest BCUT2D eigenvalue weighted by atomic mass is 10.1. The maximum Gasteiger partial charge on any atom is 0.306 e. The van der Waals surface area contributed by atoms with E-state index in [0.717, 1.165) is 31.2 Å². The number of thiazole rings is 1. The molecule has 3 heterocycles. The Hall–Kier alpha value is -2.56. The Balaban J connectivity index is 1.30. The number of esters is 1. The minimum atomic E-state index is -3.48. The maximum atomic E-state index is 12.8. The summed E-state index contributed by atoms with van der Waals surface area (Å²) in [6.45, 7) is 1.07. The first-order chi connectivity index (χ1) is 15.4. The van der Waals surface area contributed by atoms with Crippen LogP contribution in [0, 0.1) is 0 Å². The number of sulfonamides is 1. The van der Waals surface area contributed by atoms with Crippen molar-refractivity contribution in [2.75, 3.05) is 13.1 Å². The molecule has 170 valence electrons. The van der Waals surface area contributed by atoms with E-state index in [1.165, 1.54) is 21.8 Å². The summed E-state index contributed by atoms with van der Waals surface area (Å²) >= 11 is 1.34. The Morgan fingerprint density at radius 1 is 1.09 bits per heavy atom. The fourth-order valence-corrected chi connectivity index (χ4v) is 5.95. The highest BCUT2D eigenvalue weighted by atomic mass is 32.2. The summed E-state index contributed by atoms with van der Waals surface area (Å²) in [5, 5.41) is 1.77. The molecule has 0 amide bonds. The third-order valence-electron chi connectivity index (χ3n) is 5.48. The van der Waals surface area contributed by atoms with Crippen LogP contribution in [-0.2, 0) is 32.6 Å². The molecule has 0 atom stereocenters. The Labute approximate surface area is 190 Å². The zero-order chi connectivity index (χ0) is 22.6. The van der Waals surface area contributed by atoms with Crippen LogP contribution in [0.2, 0.25) is 0 Å². The summed E-state index contributed by atoms with van der Waals surface area (Å²) in [5.41, 5.74) is 1.06. The molecule has 4 rings (SSSR count). The summed E-state index contributed by atoms with van der Waals surface area (Å²) in [6.07, 6.45) is 6.15. The molecular weight excluding hydrogens is 450 g/mol. The van der Waals surface area contributed by atoms with E-state index in [1.807, 2.05) is 0 Å². The van der Waals surface area contributed by atoms with Crippen molar-refractivity contribution in [3.05, 3.63) is 63.5 Å². The zero-order valence-corrected chi connectivity index (χ0v) is 19.2. The topological polar surface area (TPSA) is 98.0 Å². The van der Waals surface area contributed by atoms with E-state index in [4.69, 9.17) is 4.74 Å². The van der Waals surface area contributed by atoms with Gasteiger partial charge in [0.05, 0.1) is 10.6 Å². The molecule has 0 radical (unpaired) electrons. The van der Waals surface area contributed by atoms with Gasteiger partial charge < -0.3 is 4.74 Å². The predicted octanol–water partition coefficient (Wildman–Crippen LogP) is 3.00. The van der Waals surface area contributed by atoms with Crippen molar-refractivity contribution in [1.29, 1.82) is 0 Å². The van der Waals surface area contributed by atoms with Crippen LogP contribution < -0.4 is 5.56 Å². The molecule has 1 aromatic carbocycles. The van der Waals surface area contributed by atoms with Crippen molar-refractivity contribution >= 4 is 32.3 Å². The van der Waals surface area contributed by atoms with E-state index in [-0.39, 0.29) is 23.5 Å². The largest absolute Gasteiger partial charge is 0.459 e. The Kier molecular flexibility index (Phi) is 7.02. The van der Waals surface area contributed by atoms with Crippen molar-refractivity contribution in [3.63, 3.8) is 0 Å². The van der Waals surface area contributed by atoms with Crippen molar-refractivity contribution < 1.29 is 17.9 Å². The molecule has 0 spiro atoms. The molecule has 0 bridgehead atoms. The molecule has 2 aromatic heterocycles. The van der Waals surface area contributed by atoms with Gasteiger partial charge >= 0.3 is 5.97 Å². The van der Waals surface area contributed by atoms with Crippen molar-refractivity contribution in [3.8, 4) is 0 Å². The van der Waals surface area contributed by atoms with E-state index in [0.29, 0.717) is 30.2 Å². The molecule has 3 aromatic rings. The molecule has 10 heteroatoms. The van der Waals surface area contributed by atoms with Gasteiger partial charge in [-0.05, 0) is 37.0 Å². The highest BCUT2D eigenvalue weighted by Crippen LogP contribution is 2.21. The van der Waals surface area contributed by atoms with Gasteiger partial charge in [-0.3, -0.25) is 14.0 Å². The average molecular weight is 476 g/mol. The van der Waals surface area contributed by atoms with Gasteiger partial charge in [0.2, 0.25) is 10.0 Å². The number of ether oxygens (including phenoxy) is 1. The number of carbonyl (C=O) groups is 1. The van der Waals surface area contributed by atoms with E-state index in [9.17, 15) is 18.0 Å². The Bertz CT molecular complexity index is 1240. The number of nitrogens with zero attached hydrogens (tertiary/aromatic N) is 3. The van der Waals surface area contributed by atoms with E-state index < -0.39 is 16.0 Å². The lowest BCUT2D eigenvalue weighted by Crippen LogP contribution is -2.31. The van der Waals surface area contributed by atoms with E-state index >= 15 is 0 Å². The van der Waals surface area contributed by atoms with Crippen LogP contribution in [0.5, 0.6) is 0 Å². The van der Waals surface area contributed by atoms with Crippen molar-refractivity contribution in [1.82, 2.24) is 13.7 Å². The van der Waals surface area contributed by atoms with Gasteiger partial charge in [0.1, 0.15) is 6.61 Å². The number of fused-ring (bicyclic) bond motifs is 1. The fraction of sp³-hybridized carbons (Fsp3) is 0.409. The molecule has 1 aliphatic rings. The SMILES string of the molecule is O=C(CCc1ccc(S(=O)(=O)N2CCCCCC2)cc1)OCc1cc(=O)n2ccsc2n1. The second kappa shape index (κ2) is 9.93. The average Bonchev–Trinajstić information content (AvgIpc) is 3.09. The van der Waals surface area contributed by atoms with Crippen LogP contribution in [0.25, 0.3) is 4.96 Å². The molecule has 0 N–H and O–H groups in total. The summed E-state index contributed by atoms with van der Waals surface area (Å²) in [6, 6.07) is 8.05. The summed E-state index contributed by atoms with van der Waals surface area (Å²) < 4.78 is 34.0. The fourth-order valence-electron chi connectivity index (χ4n) is 3.69. The van der Waals surface area contributed by atoms with E-state index in [2.05, 4.69) is 4.98 Å². The van der Waals surface area contributed by atoms with Gasteiger partial charge in [-0.25, -0.2) is 13.4 Å².